The molecule has 0 radical (unpaired) electrons. The molecule has 0 aromatic carbocycles. The van der Waals surface area contributed by atoms with Gasteiger partial charge in [0.25, 0.3) is 0 Å². The van der Waals surface area contributed by atoms with Gasteiger partial charge in [0.05, 0.1) is 0 Å². The second-order valence-corrected chi connectivity index (χ2v) is 25.7. The zero-order valence-electron chi connectivity index (χ0n) is 14.0. The van der Waals surface area contributed by atoms with Crippen molar-refractivity contribution in [1.29, 1.82) is 0 Å². The molecule has 0 heterocycles. The van der Waals surface area contributed by atoms with Crippen molar-refractivity contribution >= 4 is 27.2 Å². The van der Waals surface area contributed by atoms with Crippen LogP contribution in [0.3, 0.4) is 0 Å². The van der Waals surface area contributed by atoms with E-state index < -0.39 is 27.2 Å². The number of hydrogen-bond acceptors (Lipinski definition) is 1. The van der Waals surface area contributed by atoms with Gasteiger partial charge in [-0.05, 0) is 0 Å². The summed E-state index contributed by atoms with van der Waals surface area (Å²) in [7, 11) is 0. The summed E-state index contributed by atoms with van der Waals surface area (Å²) < 4.78 is 7.10. The average Bonchev–Trinajstić information content (AvgIpc) is 2.48. The van der Waals surface area contributed by atoms with Gasteiger partial charge < -0.3 is 0 Å². The molecule has 1 nitrogen and oxygen atoms in total. The maximum atomic E-state index is 7.10. The Labute approximate surface area is 127 Å². The van der Waals surface area contributed by atoms with Crippen LogP contribution in [0.1, 0.15) is 41.5 Å². The van der Waals surface area contributed by atoms with Crippen LogP contribution in [-0.2, 0) is 2.79 Å². The van der Waals surface area contributed by atoms with Crippen LogP contribution in [0.5, 0.6) is 0 Å². The van der Waals surface area contributed by atoms with Gasteiger partial charge in [-0.1, -0.05) is 0 Å². The normalized spacial score (nSPS) is 13.8. The fourth-order valence-electron chi connectivity index (χ4n) is 2.57. The van der Waals surface area contributed by atoms with Gasteiger partial charge in [-0.15, -0.1) is 0 Å². The number of allylic oxidation sites excluding steroid dienone is 4. The van der Waals surface area contributed by atoms with Gasteiger partial charge in [0.1, 0.15) is 0 Å². The predicted molar refractivity (Wildman–Crippen MR) is 93.8 cm³/mol. The molecule has 0 aliphatic rings. The van der Waals surface area contributed by atoms with Crippen LogP contribution in [0, 0.1) is 0 Å². The molecule has 0 rings (SSSR count). The first-order valence-corrected chi connectivity index (χ1v) is 18.6. The Balaban J connectivity index is 5.11. The second kappa shape index (κ2) is 10.3. The van der Waals surface area contributed by atoms with E-state index in [1.54, 1.807) is 0 Å². The van der Waals surface area contributed by atoms with Crippen LogP contribution in [-0.4, -0.2) is 27.2 Å². The van der Waals surface area contributed by atoms with Crippen LogP contribution < -0.4 is 0 Å². The van der Waals surface area contributed by atoms with Crippen molar-refractivity contribution in [3.05, 3.63) is 24.3 Å². The molecule has 0 atom stereocenters. The van der Waals surface area contributed by atoms with E-state index in [1.165, 1.54) is 31.5 Å². The fraction of sp³-hybridized carbons (Fsp3) is 0.750. The topological polar surface area (TPSA) is 9.23 Å². The fourth-order valence-corrected chi connectivity index (χ4v) is 31.5. The van der Waals surface area contributed by atoms with Crippen molar-refractivity contribution in [3.63, 3.8) is 0 Å². The van der Waals surface area contributed by atoms with E-state index >= 15 is 0 Å². The van der Waals surface area contributed by atoms with Crippen LogP contribution in [0.25, 0.3) is 0 Å². The van der Waals surface area contributed by atoms with Crippen molar-refractivity contribution in [1.82, 2.24) is 0 Å². The first-order chi connectivity index (χ1) is 9.07. The Bertz CT molecular complexity index is 248. The molecule has 3 heteroatoms. The molecular formula is C16H34Ge2O. The van der Waals surface area contributed by atoms with Crippen LogP contribution >= 0.6 is 0 Å². The molecule has 0 aliphatic carbocycles. The first kappa shape index (κ1) is 19.5. The molecule has 0 saturated heterocycles. The summed E-state index contributed by atoms with van der Waals surface area (Å²) >= 11 is -4.19. The summed E-state index contributed by atoms with van der Waals surface area (Å²) in [6.45, 7) is 13.7. The summed E-state index contributed by atoms with van der Waals surface area (Å²) in [6.07, 6.45) is 9.13. The second-order valence-electron chi connectivity index (χ2n) is 5.43. The number of hydrogen-bond donors (Lipinski definition) is 0. The molecule has 0 amide bonds. The molecule has 0 fully saturated rings. The van der Waals surface area contributed by atoms with Gasteiger partial charge in [-0.2, -0.15) is 0 Å². The van der Waals surface area contributed by atoms with Crippen molar-refractivity contribution in [2.75, 3.05) is 0 Å². The van der Waals surface area contributed by atoms with Crippen molar-refractivity contribution in [3.8, 4) is 0 Å². The Morgan fingerprint density at radius 3 is 1.21 bits per heavy atom. The van der Waals surface area contributed by atoms with Crippen molar-refractivity contribution in [2.24, 2.45) is 0 Å². The van der Waals surface area contributed by atoms with E-state index in [4.69, 9.17) is 2.79 Å². The molecule has 0 aromatic heterocycles. The SMILES string of the molecule is C/C=C\[CH2][Ge]([CH2]C)([CH2]C)[O][Ge]([CH2]C)([CH2]C)[CH2]/C=C/C. The van der Waals surface area contributed by atoms with Gasteiger partial charge in [0.15, 0.2) is 0 Å². The van der Waals surface area contributed by atoms with Gasteiger partial charge >= 0.3 is 127 Å². The molecule has 0 unspecified atom stereocenters. The zero-order valence-corrected chi connectivity index (χ0v) is 18.2. The molecule has 112 valence electrons. The molecule has 0 bridgehead atoms. The quantitative estimate of drug-likeness (QED) is 0.324. The van der Waals surface area contributed by atoms with Gasteiger partial charge in [0.2, 0.25) is 0 Å². The Morgan fingerprint density at radius 1 is 0.684 bits per heavy atom. The van der Waals surface area contributed by atoms with Crippen molar-refractivity contribution in [2.45, 2.75) is 73.1 Å². The van der Waals surface area contributed by atoms with E-state index in [9.17, 15) is 0 Å². The van der Waals surface area contributed by atoms with Crippen LogP contribution in [0.4, 0.5) is 0 Å². The van der Waals surface area contributed by atoms with E-state index in [1.807, 2.05) is 0 Å². The zero-order chi connectivity index (χ0) is 14.8. The van der Waals surface area contributed by atoms with Crippen LogP contribution in [0.15, 0.2) is 24.3 Å². The summed E-state index contributed by atoms with van der Waals surface area (Å²) in [5, 5.41) is 7.75. The average molecular weight is 388 g/mol. The third-order valence-corrected chi connectivity index (χ3v) is 30.6. The first-order valence-electron chi connectivity index (χ1n) is 8.00. The Hall–Kier alpha value is 0.526. The molecule has 0 N–H and O–H groups in total. The van der Waals surface area contributed by atoms with Crippen LogP contribution in [0.2, 0.25) is 31.5 Å². The summed E-state index contributed by atoms with van der Waals surface area (Å²) in [5.74, 6) is 0. The van der Waals surface area contributed by atoms with E-state index in [0.717, 1.165) is 0 Å². The number of rotatable bonds is 10. The third-order valence-electron chi connectivity index (χ3n) is 4.46. The molecule has 0 aromatic rings. The molecule has 0 saturated carbocycles. The minimum atomic E-state index is -2.09. The van der Waals surface area contributed by atoms with E-state index in [2.05, 4.69) is 65.8 Å². The Kier molecular flexibility index (Phi) is 10.6. The monoisotopic (exact) mass is 390 g/mol. The summed E-state index contributed by atoms with van der Waals surface area (Å²) in [4.78, 5) is 0. The van der Waals surface area contributed by atoms with E-state index in [0.29, 0.717) is 0 Å². The van der Waals surface area contributed by atoms with Gasteiger partial charge in [-0.25, -0.2) is 0 Å². The predicted octanol–water partition coefficient (Wildman–Crippen LogP) is 6.13. The van der Waals surface area contributed by atoms with Gasteiger partial charge in [-0.3, -0.25) is 0 Å². The van der Waals surface area contributed by atoms with E-state index in [-0.39, 0.29) is 0 Å². The molecule has 0 spiro atoms. The minimum absolute atomic E-state index is 1.26. The molecule has 0 aliphatic heterocycles. The van der Waals surface area contributed by atoms with Gasteiger partial charge in [0, 0.05) is 0 Å². The molecule has 19 heavy (non-hydrogen) atoms. The Morgan fingerprint density at radius 2 is 1.00 bits per heavy atom. The third kappa shape index (κ3) is 6.22. The molecular weight excluding hydrogens is 353 g/mol. The van der Waals surface area contributed by atoms with Crippen molar-refractivity contribution < 1.29 is 2.79 Å². The summed E-state index contributed by atoms with van der Waals surface area (Å²) in [5.41, 5.74) is 0. The maximum absolute atomic E-state index is 7.10. The standard InChI is InChI=1S/C16H34Ge2O/c1-7-13-15-17(9-3,10-4)19-18(11-5,12-6)16-14-8-2/h7-8,13-14H,9-12,15-16H2,1-6H3/b13-7-,14-8+. The summed E-state index contributed by atoms with van der Waals surface area (Å²) in [6, 6.07) is 0.